The van der Waals surface area contributed by atoms with Crippen LogP contribution in [0.15, 0.2) is 6.33 Å². The number of hydrogen-bond donors (Lipinski definition) is 1. The van der Waals surface area contributed by atoms with Gasteiger partial charge in [0.2, 0.25) is 0 Å². The van der Waals surface area contributed by atoms with Crippen molar-refractivity contribution in [3.8, 4) is 0 Å². The van der Waals surface area contributed by atoms with Crippen LogP contribution in [0.5, 0.6) is 0 Å². The van der Waals surface area contributed by atoms with Gasteiger partial charge in [0.25, 0.3) is 0 Å². The summed E-state index contributed by atoms with van der Waals surface area (Å²) in [7, 11) is 0. The lowest BCUT2D eigenvalue weighted by atomic mass is 9.96. The fourth-order valence-corrected chi connectivity index (χ4v) is 6.19. The van der Waals surface area contributed by atoms with Crippen LogP contribution in [-0.2, 0) is 22.3 Å². The molecule has 2 fully saturated rings. The van der Waals surface area contributed by atoms with Crippen molar-refractivity contribution in [1.29, 1.82) is 0 Å². The molecule has 2 aliphatic heterocycles. The maximum atomic E-state index is 5.72. The minimum atomic E-state index is 0.466. The van der Waals surface area contributed by atoms with Gasteiger partial charge in [0.05, 0.1) is 25.2 Å². The normalized spacial score (nSPS) is 24.8. The number of ether oxygens (including phenoxy) is 2. The van der Waals surface area contributed by atoms with Gasteiger partial charge in [-0.3, -0.25) is 4.90 Å². The van der Waals surface area contributed by atoms with Gasteiger partial charge in [-0.2, -0.15) is 0 Å². The molecule has 3 aliphatic rings. The standard InChI is InChI=1S/C21H30N4O2S/c1-2-4-16-18(5-3-1)28-21-19(16)20(23-14-24-21)22-12-17(15-6-9-27-13-15)25-7-10-26-11-8-25/h14-15,17H,1-13H2,(H,22,23,24)/t15-,17+/m0/s1. The van der Waals surface area contributed by atoms with Crippen molar-refractivity contribution in [3.05, 3.63) is 16.8 Å². The number of nitrogens with zero attached hydrogens (tertiary/aromatic N) is 3. The van der Waals surface area contributed by atoms with Crippen LogP contribution in [0.4, 0.5) is 5.82 Å². The van der Waals surface area contributed by atoms with E-state index in [0.717, 1.165) is 63.1 Å². The maximum absolute atomic E-state index is 5.72. The SMILES string of the molecule is c1nc(NC[C@H]([C@H]2CCOC2)N2CCOCC2)c2c3c(sc2n1)CCCCC3. The van der Waals surface area contributed by atoms with Crippen LogP contribution in [0.2, 0.25) is 0 Å². The van der Waals surface area contributed by atoms with Gasteiger partial charge >= 0.3 is 0 Å². The summed E-state index contributed by atoms with van der Waals surface area (Å²) < 4.78 is 11.3. The molecule has 0 amide bonds. The van der Waals surface area contributed by atoms with E-state index in [4.69, 9.17) is 9.47 Å². The molecule has 2 aromatic heterocycles. The fraction of sp³-hybridized carbons (Fsp3) is 0.714. The summed E-state index contributed by atoms with van der Waals surface area (Å²) in [5.74, 6) is 1.61. The third-order valence-electron chi connectivity index (χ3n) is 6.50. The Hall–Kier alpha value is -1.28. The summed E-state index contributed by atoms with van der Waals surface area (Å²) in [6, 6.07) is 0.466. The van der Waals surface area contributed by atoms with Gasteiger partial charge in [0, 0.05) is 43.1 Å². The Kier molecular flexibility index (Phi) is 5.76. The first-order chi connectivity index (χ1) is 13.9. The van der Waals surface area contributed by atoms with E-state index in [1.807, 2.05) is 11.3 Å². The first-order valence-electron chi connectivity index (χ1n) is 10.8. The molecule has 0 unspecified atom stereocenters. The van der Waals surface area contributed by atoms with Gasteiger partial charge in [-0.1, -0.05) is 6.42 Å². The number of nitrogens with one attached hydrogen (secondary N) is 1. The van der Waals surface area contributed by atoms with Crippen molar-refractivity contribution in [2.75, 3.05) is 51.4 Å². The first-order valence-corrected chi connectivity index (χ1v) is 11.6. The highest BCUT2D eigenvalue weighted by atomic mass is 32.1. The molecular weight excluding hydrogens is 372 g/mol. The van der Waals surface area contributed by atoms with E-state index in [2.05, 4.69) is 20.2 Å². The van der Waals surface area contributed by atoms with Crippen LogP contribution in [0.3, 0.4) is 0 Å². The second-order valence-electron chi connectivity index (χ2n) is 8.19. The molecule has 152 valence electrons. The van der Waals surface area contributed by atoms with E-state index in [-0.39, 0.29) is 0 Å². The van der Waals surface area contributed by atoms with Gasteiger partial charge in [-0.25, -0.2) is 9.97 Å². The van der Waals surface area contributed by atoms with Crippen LogP contribution in [-0.4, -0.2) is 67.0 Å². The highest BCUT2D eigenvalue weighted by Gasteiger charge is 2.31. The van der Waals surface area contributed by atoms with E-state index in [9.17, 15) is 0 Å². The molecule has 2 saturated heterocycles. The van der Waals surface area contributed by atoms with Crippen molar-refractivity contribution in [2.45, 2.75) is 44.6 Å². The second kappa shape index (κ2) is 8.61. The number of aromatic nitrogens is 2. The topological polar surface area (TPSA) is 59.5 Å². The van der Waals surface area contributed by atoms with E-state index >= 15 is 0 Å². The number of aryl methyl sites for hydroxylation is 2. The molecule has 28 heavy (non-hydrogen) atoms. The van der Waals surface area contributed by atoms with Crippen molar-refractivity contribution in [1.82, 2.24) is 14.9 Å². The summed E-state index contributed by atoms with van der Waals surface area (Å²) in [6.07, 6.45) is 9.16. The van der Waals surface area contributed by atoms with Crippen molar-refractivity contribution >= 4 is 27.4 Å². The van der Waals surface area contributed by atoms with E-state index in [1.54, 1.807) is 6.33 Å². The number of hydrogen-bond acceptors (Lipinski definition) is 7. The largest absolute Gasteiger partial charge is 0.381 e. The number of anilines is 1. The van der Waals surface area contributed by atoms with E-state index in [0.29, 0.717) is 12.0 Å². The average Bonchev–Trinajstić information content (AvgIpc) is 3.32. The lowest BCUT2D eigenvalue weighted by molar-refractivity contribution is 0.00460. The molecule has 0 aromatic carbocycles. The molecule has 6 nitrogen and oxygen atoms in total. The third-order valence-corrected chi connectivity index (χ3v) is 7.70. The first kappa shape index (κ1) is 18.7. The minimum absolute atomic E-state index is 0.466. The molecule has 2 atom stereocenters. The summed E-state index contributed by atoms with van der Waals surface area (Å²) in [6.45, 7) is 6.36. The Morgan fingerprint density at radius 3 is 2.86 bits per heavy atom. The molecule has 2 aromatic rings. The predicted molar refractivity (Wildman–Crippen MR) is 112 cm³/mol. The van der Waals surface area contributed by atoms with Crippen LogP contribution in [0.25, 0.3) is 10.2 Å². The maximum Gasteiger partial charge on any atom is 0.138 e. The summed E-state index contributed by atoms with van der Waals surface area (Å²) in [5, 5.41) is 5.02. The highest BCUT2D eigenvalue weighted by Crippen LogP contribution is 2.37. The average molecular weight is 403 g/mol. The molecule has 1 N–H and O–H groups in total. The Labute approximate surface area is 170 Å². The Morgan fingerprint density at radius 2 is 2.00 bits per heavy atom. The molecule has 0 radical (unpaired) electrons. The van der Waals surface area contributed by atoms with Crippen LogP contribution in [0, 0.1) is 5.92 Å². The number of morpholine rings is 1. The lowest BCUT2D eigenvalue weighted by Gasteiger charge is -2.37. The molecule has 7 heteroatoms. The number of thiophene rings is 1. The van der Waals surface area contributed by atoms with Crippen molar-refractivity contribution in [3.63, 3.8) is 0 Å². The number of fused-ring (bicyclic) bond motifs is 3. The quantitative estimate of drug-likeness (QED) is 0.776. The summed E-state index contributed by atoms with van der Waals surface area (Å²) >= 11 is 1.88. The van der Waals surface area contributed by atoms with Crippen LogP contribution in [0.1, 0.15) is 36.1 Å². The molecule has 5 rings (SSSR count). The van der Waals surface area contributed by atoms with Gasteiger partial charge in [-0.15, -0.1) is 11.3 Å². The van der Waals surface area contributed by atoms with Gasteiger partial charge < -0.3 is 14.8 Å². The zero-order valence-electron chi connectivity index (χ0n) is 16.5. The van der Waals surface area contributed by atoms with Gasteiger partial charge in [0.15, 0.2) is 0 Å². The smallest absolute Gasteiger partial charge is 0.138 e. The summed E-state index contributed by atoms with van der Waals surface area (Å²) in [5.41, 5.74) is 1.51. The third kappa shape index (κ3) is 3.77. The van der Waals surface area contributed by atoms with Crippen LogP contribution >= 0.6 is 11.3 Å². The predicted octanol–water partition coefficient (Wildman–Crippen LogP) is 3.11. The van der Waals surface area contributed by atoms with E-state index in [1.165, 1.54) is 47.9 Å². The monoisotopic (exact) mass is 402 g/mol. The Balaban J connectivity index is 1.39. The lowest BCUT2D eigenvalue weighted by Crippen LogP contribution is -2.50. The second-order valence-corrected chi connectivity index (χ2v) is 9.27. The molecule has 0 saturated carbocycles. The zero-order chi connectivity index (χ0) is 18.8. The van der Waals surface area contributed by atoms with Crippen molar-refractivity contribution in [2.24, 2.45) is 5.92 Å². The Morgan fingerprint density at radius 1 is 1.11 bits per heavy atom. The fourth-order valence-electron chi connectivity index (χ4n) is 4.96. The van der Waals surface area contributed by atoms with Gasteiger partial charge in [0.1, 0.15) is 17.0 Å². The molecule has 0 bridgehead atoms. The Bertz CT molecular complexity index is 799. The number of rotatable bonds is 5. The zero-order valence-corrected chi connectivity index (χ0v) is 17.3. The highest BCUT2D eigenvalue weighted by molar-refractivity contribution is 7.18. The van der Waals surface area contributed by atoms with E-state index < -0.39 is 0 Å². The molecule has 4 heterocycles. The van der Waals surface area contributed by atoms with Crippen molar-refractivity contribution < 1.29 is 9.47 Å². The minimum Gasteiger partial charge on any atom is -0.381 e. The van der Waals surface area contributed by atoms with Gasteiger partial charge in [-0.05, 0) is 37.7 Å². The van der Waals surface area contributed by atoms with Crippen LogP contribution < -0.4 is 5.32 Å². The molecule has 0 spiro atoms. The molecular formula is C21H30N4O2S. The molecule has 1 aliphatic carbocycles. The summed E-state index contributed by atoms with van der Waals surface area (Å²) in [4.78, 5) is 14.5.